The number of carbonyl (C=O) groups is 1. The Bertz CT molecular complexity index is 996. The van der Waals surface area contributed by atoms with E-state index in [1.165, 1.54) is 6.07 Å². The number of carbonyl (C=O) groups excluding carboxylic acids is 1. The minimum Gasteiger partial charge on any atom is -0.456 e. The first kappa shape index (κ1) is 19.2. The fourth-order valence-corrected chi connectivity index (χ4v) is 4.19. The van der Waals surface area contributed by atoms with Crippen molar-refractivity contribution >= 4 is 27.3 Å². The van der Waals surface area contributed by atoms with Gasteiger partial charge in [-0.25, -0.2) is 13.1 Å². The van der Waals surface area contributed by atoms with Gasteiger partial charge in [-0.05, 0) is 18.4 Å². The Balaban J connectivity index is 1.45. The Morgan fingerprint density at radius 3 is 2.74 bits per heavy atom. The van der Waals surface area contributed by atoms with Crippen molar-refractivity contribution in [2.75, 3.05) is 6.54 Å². The molecule has 0 radical (unpaired) electrons. The molecule has 0 fully saturated rings. The van der Waals surface area contributed by atoms with E-state index in [0.717, 1.165) is 22.5 Å². The average Bonchev–Trinajstić information content (AvgIpc) is 3.33. The number of esters is 1. The highest BCUT2D eigenvalue weighted by atomic mass is 32.2. The Morgan fingerprint density at radius 1 is 1.26 bits per heavy atom. The molecule has 3 rings (SSSR count). The van der Waals surface area contributed by atoms with Crippen molar-refractivity contribution in [1.82, 2.24) is 14.9 Å². The van der Waals surface area contributed by atoms with Gasteiger partial charge in [-0.1, -0.05) is 41.1 Å². The lowest BCUT2D eigenvalue weighted by Crippen LogP contribution is -2.26. The average molecular weight is 407 g/mol. The van der Waals surface area contributed by atoms with Crippen molar-refractivity contribution in [1.29, 1.82) is 0 Å². The Labute approximate surface area is 160 Å². The van der Waals surface area contributed by atoms with E-state index in [1.54, 1.807) is 11.4 Å². The molecule has 0 aliphatic heterocycles. The van der Waals surface area contributed by atoms with Gasteiger partial charge in [0.1, 0.15) is 4.21 Å². The van der Waals surface area contributed by atoms with E-state index in [1.807, 2.05) is 31.2 Å². The van der Waals surface area contributed by atoms with Crippen LogP contribution in [0.15, 0.2) is 50.5 Å². The van der Waals surface area contributed by atoms with Crippen LogP contribution in [-0.4, -0.2) is 31.1 Å². The molecule has 0 spiro atoms. The standard InChI is InChI=1S/C17H17N3O5S2/c1-12-4-6-13(7-5-12)17-19-14(25-20-17)11-24-15(21)8-9-18-27(22,23)16-3-2-10-26-16/h2-7,10,18H,8-9,11H2,1H3. The number of thiophene rings is 1. The molecule has 0 amide bonds. The van der Waals surface area contributed by atoms with Gasteiger partial charge < -0.3 is 9.26 Å². The van der Waals surface area contributed by atoms with Gasteiger partial charge in [-0.15, -0.1) is 11.3 Å². The predicted octanol–water partition coefficient (Wildman–Crippen LogP) is 2.52. The lowest BCUT2D eigenvalue weighted by molar-refractivity contribution is -0.145. The Hall–Kier alpha value is -2.56. The summed E-state index contributed by atoms with van der Waals surface area (Å²) in [5.41, 5.74) is 1.91. The third kappa shape index (κ3) is 5.22. The van der Waals surface area contributed by atoms with Crippen LogP contribution >= 0.6 is 11.3 Å². The SMILES string of the molecule is Cc1ccc(-c2noc(COC(=O)CCNS(=O)(=O)c3cccs3)n2)cc1. The molecule has 2 aromatic heterocycles. The zero-order valence-electron chi connectivity index (χ0n) is 14.4. The van der Waals surface area contributed by atoms with E-state index in [-0.39, 0.29) is 29.7 Å². The minimum absolute atomic E-state index is 0.0580. The number of nitrogens with zero attached hydrogens (tertiary/aromatic N) is 2. The highest BCUT2D eigenvalue weighted by Gasteiger charge is 2.16. The fraction of sp³-hybridized carbons (Fsp3) is 0.235. The largest absolute Gasteiger partial charge is 0.456 e. The topological polar surface area (TPSA) is 111 Å². The molecule has 0 aliphatic carbocycles. The molecule has 2 heterocycles. The molecule has 0 saturated heterocycles. The first-order valence-corrected chi connectivity index (χ1v) is 10.4. The van der Waals surface area contributed by atoms with E-state index in [2.05, 4.69) is 14.9 Å². The number of nitrogens with one attached hydrogen (secondary N) is 1. The van der Waals surface area contributed by atoms with Crippen molar-refractivity contribution in [2.45, 2.75) is 24.2 Å². The van der Waals surface area contributed by atoms with Crippen LogP contribution in [0.25, 0.3) is 11.4 Å². The third-order valence-corrected chi connectivity index (χ3v) is 6.37. The van der Waals surface area contributed by atoms with E-state index >= 15 is 0 Å². The predicted molar refractivity (Wildman–Crippen MR) is 98.4 cm³/mol. The van der Waals surface area contributed by atoms with E-state index in [4.69, 9.17) is 9.26 Å². The maximum Gasteiger partial charge on any atom is 0.307 e. The molecule has 0 saturated carbocycles. The summed E-state index contributed by atoms with van der Waals surface area (Å²) in [5, 5.41) is 5.51. The molecule has 1 N–H and O–H groups in total. The number of rotatable bonds is 8. The molecular weight excluding hydrogens is 390 g/mol. The number of ether oxygens (including phenoxy) is 1. The second-order valence-electron chi connectivity index (χ2n) is 5.62. The summed E-state index contributed by atoms with van der Waals surface area (Å²) >= 11 is 1.10. The van der Waals surface area contributed by atoms with Gasteiger partial charge in [0.05, 0.1) is 6.42 Å². The first-order valence-electron chi connectivity index (χ1n) is 8.02. The monoisotopic (exact) mass is 407 g/mol. The number of aryl methyl sites for hydroxylation is 1. The van der Waals surface area contributed by atoms with Crippen LogP contribution in [0.5, 0.6) is 0 Å². The molecule has 27 heavy (non-hydrogen) atoms. The van der Waals surface area contributed by atoms with Gasteiger partial charge in [0.25, 0.3) is 5.89 Å². The van der Waals surface area contributed by atoms with Crippen LogP contribution < -0.4 is 4.72 Å². The van der Waals surface area contributed by atoms with Crippen LogP contribution in [0.4, 0.5) is 0 Å². The molecule has 142 valence electrons. The van der Waals surface area contributed by atoms with Gasteiger partial charge in [0, 0.05) is 12.1 Å². The number of sulfonamides is 1. The quantitative estimate of drug-likeness (QED) is 0.571. The molecule has 0 aliphatic rings. The van der Waals surface area contributed by atoms with Crippen molar-refractivity contribution in [2.24, 2.45) is 0 Å². The molecule has 3 aromatic rings. The summed E-state index contributed by atoms with van der Waals surface area (Å²) in [7, 11) is -3.59. The maximum absolute atomic E-state index is 11.9. The third-order valence-electron chi connectivity index (χ3n) is 3.52. The number of benzene rings is 1. The normalized spacial score (nSPS) is 11.4. The zero-order valence-corrected chi connectivity index (χ0v) is 16.0. The van der Waals surface area contributed by atoms with Crippen molar-refractivity contribution in [3.63, 3.8) is 0 Å². The molecule has 0 atom stereocenters. The smallest absolute Gasteiger partial charge is 0.307 e. The van der Waals surface area contributed by atoms with Gasteiger partial charge in [0.2, 0.25) is 15.8 Å². The van der Waals surface area contributed by atoms with Gasteiger partial charge in [-0.3, -0.25) is 4.79 Å². The first-order chi connectivity index (χ1) is 12.9. The maximum atomic E-state index is 11.9. The van der Waals surface area contributed by atoms with E-state index < -0.39 is 16.0 Å². The van der Waals surface area contributed by atoms with E-state index in [9.17, 15) is 13.2 Å². The Morgan fingerprint density at radius 2 is 2.04 bits per heavy atom. The Kier molecular flexibility index (Phi) is 5.99. The second kappa shape index (κ2) is 8.42. The molecule has 8 nitrogen and oxygen atoms in total. The summed E-state index contributed by atoms with van der Waals surface area (Å²) in [5.74, 6) is 0.00168. The fourth-order valence-electron chi connectivity index (χ4n) is 2.12. The second-order valence-corrected chi connectivity index (χ2v) is 8.56. The highest BCUT2D eigenvalue weighted by Crippen LogP contribution is 2.17. The summed E-state index contributed by atoms with van der Waals surface area (Å²) in [6.45, 7) is 1.75. The van der Waals surface area contributed by atoms with Crippen LogP contribution in [0.3, 0.4) is 0 Å². The number of hydrogen-bond acceptors (Lipinski definition) is 8. The van der Waals surface area contributed by atoms with Crippen LogP contribution in [-0.2, 0) is 26.2 Å². The van der Waals surface area contributed by atoms with Gasteiger partial charge in [0.15, 0.2) is 6.61 Å². The summed E-state index contributed by atoms with van der Waals surface area (Å²) in [4.78, 5) is 15.9. The lowest BCUT2D eigenvalue weighted by Gasteiger charge is -2.04. The zero-order chi connectivity index (χ0) is 19.3. The van der Waals surface area contributed by atoms with Crippen molar-refractivity contribution in [3.05, 3.63) is 53.2 Å². The minimum atomic E-state index is -3.59. The molecule has 10 heteroatoms. The molecule has 0 unspecified atom stereocenters. The lowest BCUT2D eigenvalue weighted by atomic mass is 10.1. The van der Waals surface area contributed by atoms with Crippen LogP contribution in [0.2, 0.25) is 0 Å². The van der Waals surface area contributed by atoms with Crippen molar-refractivity contribution in [3.8, 4) is 11.4 Å². The van der Waals surface area contributed by atoms with Crippen LogP contribution in [0.1, 0.15) is 17.9 Å². The summed E-state index contributed by atoms with van der Waals surface area (Å²) in [6.07, 6.45) is -0.108. The summed E-state index contributed by atoms with van der Waals surface area (Å²) < 4.78 is 36.5. The summed E-state index contributed by atoms with van der Waals surface area (Å²) in [6, 6.07) is 10.7. The van der Waals surface area contributed by atoms with Gasteiger partial charge in [-0.2, -0.15) is 4.98 Å². The number of aromatic nitrogens is 2. The highest BCUT2D eigenvalue weighted by molar-refractivity contribution is 7.91. The van der Waals surface area contributed by atoms with Gasteiger partial charge >= 0.3 is 5.97 Å². The van der Waals surface area contributed by atoms with Crippen molar-refractivity contribution < 1.29 is 22.5 Å². The molecule has 1 aromatic carbocycles. The van der Waals surface area contributed by atoms with E-state index in [0.29, 0.717) is 5.82 Å². The molecule has 0 bridgehead atoms. The number of hydrogen-bond donors (Lipinski definition) is 1. The molecular formula is C17H17N3O5S2. The van der Waals surface area contributed by atoms with Crippen LogP contribution in [0, 0.1) is 6.92 Å².